The predicted molar refractivity (Wildman–Crippen MR) is 95.4 cm³/mol. The molecule has 0 aromatic carbocycles. The van der Waals surface area contributed by atoms with Gasteiger partial charge in [-0.15, -0.1) is 0 Å². The molecule has 0 unspecified atom stereocenters. The molecular weight excluding hydrogens is 340 g/mol. The maximum atomic E-state index is 12.0. The molecule has 0 atom stereocenters. The first-order valence-corrected chi connectivity index (χ1v) is 8.02. The third-order valence-corrected chi connectivity index (χ3v) is 2.67. The molecule has 144 valence electrons. The van der Waals surface area contributed by atoms with Crippen molar-refractivity contribution in [3.8, 4) is 0 Å². The summed E-state index contributed by atoms with van der Waals surface area (Å²) in [5.74, 6) is -0.749. The summed E-state index contributed by atoms with van der Waals surface area (Å²) in [5.41, 5.74) is -0.978. The summed E-state index contributed by atoms with van der Waals surface area (Å²) in [7, 11) is 1.19. The average molecular weight is 366 g/mol. The quantitative estimate of drug-likeness (QED) is 0.501. The number of nitrogens with zero attached hydrogens (tertiary/aromatic N) is 1. The van der Waals surface area contributed by atoms with E-state index in [2.05, 4.69) is 10.1 Å². The van der Waals surface area contributed by atoms with Crippen LogP contribution < -0.4 is 5.32 Å². The lowest BCUT2D eigenvalue weighted by atomic mass is 10.2. The van der Waals surface area contributed by atoms with E-state index in [1.165, 1.54) is 30.1 Å². The number of aromatic nitrogens is 1. The molecule has 0 radical (unpaired) electrons. The number of carbonyl (C=O) groups excluding carboxylic acids is 3. The van der Waals surface area contributed by atoms with Crippen LogP contribution in [0.3, 0.4) is 0 Å². The van der Waals surface area contributed by atoms with Crippen molar-refractivity contribution in [1.29, 1.82) is 0 Å². The van der Waals surface area contributed by atoms with E-state index in [1.54, 1.807) is 47.6 Å². The molecule has 0 aliphatic rings. The van der Waals surface area contributed by atoms with Crippen molar-refractivity contribution in [2.45, 2.75) is 52.7 Å². The number of hydrogen-bond acceptors (Lipinski definition) is 6. The van der Waals surface area contributed by atoms with Crippen LogP contribution in [0.4, 0.5) is 9.59 Å². The summed E-state index contributed by atoms with van der Waals surface area (Å²) in [6, 6.07) is 1.59. The summed E-state index contributed by atoms with van der Waals surface area (Å²) in [6.07, 6.45) is 2.98. The molecule has 1 aromatic heterocycles. The highest BCUT2D eigenvalue weighted by Crippen LogP contribution is 2.13. The monoisotopic (exact) mass is 366 g/mol. The first kappa shape index (κ1) is 21.3. The number of esters is 1. The van der Waals surface area contributed by atoms with Crippen molar-refractivity contribution in [3.63, 3.8) is 0 Å². The fourth-order valence-electron chi connectivity index (χ4n) is 1.76. The van der Waals surface area contributed by atoms with E-state index >= 15 is 0 Å². The number of alkyl carbamates (subject to hydrolysis) is 1. The van der Waals surface area contributed by atoms with Crippen LogP contribution >= 0.6 is 0 Å². The number of carbonyl (C=O) groups is 3. The molecule has 1 heterocycles. The molecule has 0 saturated carbocycles. The molecule has 1 amide bonds. The molecule has 0 fully saturated rings. The molecule has 8 heteroatoms. The second kappa shape index (κ2) is 8.07. The van der Waals surface area contributed by atoms with Crippen LogP contribution in [0.1, 0.15) is 47.1 Å². The smallest absolute Gasteiger partial charge is 0.418 e. The molecule has 0 aliphatic carbocycles. The zero-order valence-electron chi connectivity index (χ0n) is 16.2. The van der Waals surface area contributed by atoms with E-state index in [0.29, 0.717) is 5.56 Å². The van der Waals surface area contributed by atoms with Crippen molar-refractivity contribution in [1.82, 2.24) is 9.88 Å². The predicted octanol–water partition coefficient (Wildman–Crippen LogP) is 3.31. The topological polar surface area (TPSA) is 95.9 Å². The number of nitrogens with one attached hydrogen (secondary N) is 1. The van der Waals surface area contributed by atoms with Crippen LogP contribution in [0.15, 0.2) is 24.2 Å². The molecule has 0 bridgehead atoms. The summed E-state index contributed by atoms with van der Waals surface area (Å²) in [5, 5.41) is 2.35. The number of ether oxygens (including phenoxy) is 3. The minimum absolute atomic E-state index is 0.122. The van der Waals surface area contributed by atoms with Crippen LogP contribution in [-0.4, -0.2) is 41.0 Å². The van der Waals surface area contributed by atoms with E-state index in [0.717, 1.165) is 0 Å². The molecule has 0 spiro atoms. The third kappa shape index (κ3) is 7.42. The van der Waals surface area contributed by atoms with Gasteiger partial charge in [0.25, 0.3) is 0 Å². The molecule has 0 saturated heterocycles. The van der Waals surface area contributed by atoms with Gasteiger partial charge in [0, 0.05) is 12.4 Å². The highest BCUT2D eigenvalue weighted by atomic mass is 16.6. The van der Waals surface area contributed by atoms with E-state index in [4.69, 9.17) is 9.47 Å². The Bertz CT molecular complexity index is 704. The Labute approximate surface area is 153 Å². The van der Waals surface area contributed by atoms with E-state index in [9.17, 15) is 14.4 Å². The number of methoxy groups -OCH3 is 1. The van der Waals surface area contributed by atoms with Gasteiger partial charge in [0.2, 0.25) is 0 Å². The first-order valence-electron chi connectivity index (χ1n) is 8.02. The first-order chi connectivity index (χ1) is 11.8. The van der Waals surface area contributed by atoms with E-state index in [-0.39, 0.29) is 5.70 Å². The molecule has 1 rings (SSSR count). The van der Waals surface area contributed by atoms with Crippen molar-refractivity contribution < 1.29 is 28.6 Å². The zero-order valence-corrected chi connectivity index (χ0v) is 16.2. The second-order valence-corrected chi connectivity index (χ2v) is 7.51. The normalized spacial score (nSPS) is 12.3. The molecule has 8 nitrogen and oxygen atoms in total. The van der Waals surface area contributed by atoms with Gasteiger partial charge in [-0.1, -0.05) is 0 Å². The highest BCUT2D eigenvalue weighted by Gasteiger charge is 2.21. The lowest BCUT2D eigenvalue weighted by Gasteiger charge is -2.20. The molecule has 0 aliphatic heterocycles. The van der Waals surface area contributed by atoms with Crippen LogP contribution in [0.25, 0.3) is 6.08 Å². The van der Waals surface area contributed by atoms with Gasteiger partial charge in [0.1, 0.15) is 16.9 Å². The molecular formula is C18H26N2O6. The van der Waals surface area contributed by atoms with Crippen LogP contribution in [0.2, 0.25) is 0 Å². The molecule has 26 heavy (non-hydrogen) atoms. The third-order valence-electron chi connectivity index (χ3n) is 2.67. The number of rotatable bonds is 3. The Hall–Kier alpha value is -2.77. The Morgan fingerprint density at radius 1 is 1.04 bits per heavy atom. The zero-order chi connectivity index (χ0) is 20.1. The summed E-state index contributed by atoms with van der Waals surface area (Å²) in [4.78, 5) is 35.8. The maximum absolute atomic E-state index is 12.0. The standard InChI is InChI=1S/C18H26N2O6/c1-17(2,3)25-15(22)19-13(14(21)24-7)10-12-8-9-20(11-12)16(23)26-18(4,5)6/h8-11H,1-7H3,(H,19,22). The van der Waals surface area contributed by atoms with E-state index < -0.39 is 29.4 Å². The fourth-order valence-corrected chi connectivity index (χ4v) is 1.76. The maximum Gasteiger partial charge on any atom is 0.418 e. The minimum atomic E-state index is -0.791. The van der Waals surface area contributed by atoms with Gasteiger partial charge in [-0.2, -0.15) is 0 Å². The second-order valence-electron chi connectivity index (χ2n) is 7.51. The summed E-state index contributed by atoms with van der Waals surface area (Å²) >= 11 is 0. The lowest BCUT2D eigenvalue weighted by molar-refractivity contribution is -0.136. The van der Waals surface area contributed by atoms with Gasteiger partial charge >= 0.3 is 18.2 Å². The lowest BCUT2D eigenvalue weighted by Crippen LogP contribution is -2.34. The fraction of sp³-hybridized carbons (Fsp3) is 0.500. The van der Waals surface area contributed by atoms with Crippen molar-refractivity contribution in [2.24, 2.45) is 0 Å². The van der Waals surface area contributed by atoms with Crippen LogP contribution in [0.5, 0.6) is 0 Å². The summed E-state index contributed by atoms with van der Waals surface area (Å²) in [6.45, 7) is 10.4. The Morgan fingerprint density at radius 3 is 2.12 bits per heavy atom. The Morgan fingerprint density at radius 2 is 1.62 bits per heavy atom. The van der Waals surface area contributed by atoms with Gasteiger partial charge in [-0.25, -0.2) is 14.4 Å². The number of amides is 1. The van der Waals surface area contributed by atoms with E-state index in [1.807, 2.05) is 0 Å². The van der Waals surface area contributed by atoms with Gasteiger partial charge in [0.05, 0.1) is 7.11 Å². The molecule has 1 N–H and O–H groups in total. The number of hydrogen-bond donors (Lipinski definition) is 1. The van der Waals surface area contributed by atoms with Crippen molar-refractivity contribution in [2.75, 3.05) is 7.11 Å². The van der Waals surface area contributed by atoms with Crippen LogP contribution in [-0.2, 0) is 19.0 Å². The van der Waals surface area contributed by atoms with Crippen LogP contribution in [0, 0.1) is 0 Å². The van der Waals surface area contributed by atoms with Gasteiger partial charge in [-0.05, 0) is 59.2 Å². The van der Waals surface area contributed by atoms with Gasteiger partial charge in [0.15, 0.2) is 0 Å². The largest absolute Gasteiger partial charge is 0.464 e. The highest BCUT2D eigenvalue weighted by molar-refractivity contribution is 5.96. The van der Waals surface area contributed by atoms with Crippen molar-refractivity contribution in [3.05, 3.63) is 29.7 Å². The average Bonchev–Trinajstić information content (AvgIpc) is 2.90. The summed E-state index contributed by atoms with van der Waals surface area (Å²) < 4.78 is 16.3. The van der Waals surface area contributed by atoms with Crippen molar-refractivity contribution >= 4 is 24.2 Å². The SMILES string of the molecule is COC(=O)C(=Cc1ccn(C(=O)OC(C)(C)C)c1)NC(=O)OC(C)(C)C. The van der Waals surface area contributed by atoms with Gasteiger partial charge in [-0.3, -0.25) is 9.88 Å². The minimum Gasteiger partial charge on any atom is -0.464 e. The Balaban J connectivity index is 2.99. The molecule has 1 aromatic rings. The Kier molecular flexibility index (Phi) is 6.60. The van der Waals surface area contributed by atoms with Gasteiger partial charge < -0.3 is 14.2 Å².